The molecule has 0 saturated heterocycles. The highest BCUT2D eigenvalue weighted by Gasteiger charge is 2.33. The second-order valence-electron chi connectivity index (χ2n) is 5.57. The number of aryl methyl sites for hydroxylation is 1. The van der Waals surface area contributed by atoms with Crippen molar-refractivity contribution in [3.8, 4) is 0 Å². The number of nitrogens with zero attached hydrogens (tertiary/aromatic N) is 1. The number of aromatic nitrogens is 1. The normalized spacial score (nSPS) is 23.5. The molecule has 1 aromatic rings. The third kappa shape index (κ3) is 3.26. The summed E-state index contributed by atoms with van der Waals surface area (Å²) in [6, 6.07) is 1.76. The van der Waals surface area contributed by atoms with Gasteiger partial charge < -0.3 is 0 Å². The van der Waals surface area contributed by atoms with Crippen LogP contribution >= 0.6 is 0 Å². The van der Waals surface area contributed by atoms with Crippen LogP contribution in [-0.4, -0.2) is 30.7 Å². The number of rotatable bonds is 4. The van der Waals surface area contributed by atoms with Crippen molar-refractivity contribution in [3.63, 3.8) is 0 Å². The molecule has 1 aromatic heterocycles. The minimum Gasteiger partial charge on any atom is -0.294 e. The maximum absolute atomic E-state index is 12.6. The molecule has 0 spiro atoms. The van der Waals surface area contributed by atoms with Gasteiger partial charge in [-0.25, -0.2) is 8.42 Å². The zero-order valence-corrected chi connectivity index (χ0v) is 12.8. The van der Waals surface area contributed by atoms with Crippen LogP contribution in [0.3, 0.4) is 0 Å². The van der Waals surface area contributed by atoms with Crippen LogP contribution in [0.1, 0.15) is 48.5 Å². The molecule has 1 heterocycles. The number of ketones is 1. The summed E-state index contributed by atoms with van der Waals surface area (Å²) in [7, 11) is -3.05. The maximum atomic E-state index is 12.6. The summed E-state index contributed by atoms with van der Waals surface area (Å²) in [6.45, 7) is 1.99. The molecule has 1 aliphatic carbocycles. The minimum absolute atomic E-state index is 0.0811. The molecule has 5 heteroatoms. The number of hydrogen-bond acceptors (Lipinski definition) is 4. The smallest absolute Gasteiger partial charge is 0.166 e. The molecular formula is C15H21NO3S. The van der Waals surface area contributed by atoms with Gasteiger partial charge in [-0.1, -0.05) is 13.3 Å². The van der Waals surface area contributed by atoms with Crippen molar-refractivity contribution in [2.75, 3.05) is 6.26 Å². The van der Waals surface area contributed by atoms with E-state index in [1.54, 1.807) is 18.5 Å². The van der Waals surface area contributed by atoms with Gasteiger partial charge in [-0.15, -0.1) is 0 Å². The lowest BCUT2D eigenvalue weighted by Gasteiger charge is -2.27. The van der Waals surface area contributed by atoms with Crippen molar-refractivity contribution in [2.45, 2.75) is 44.3 Å². The predicted molar refractivity (Wildman–Crippen MR) is 78.5 cm³/mol. The van der Waals surface area contributed by atoms with Crippen molar-refractivity contribution in [2.24, 2.45) is 5.92 Å². The first-order chi connectivity index (χ1) is 9.43. The lowest BCUT2D eigenvalue weighted by Crippen LogP contribution is -2.31. The Hall–Kier alpha value is -1.23. The van der Waals surface area contributed by atoms with Gasteiger partial charge in [-0.3, -0.25) is 9.78 Å². The Morgan fingerprint density at radius 2 is 2.15 bits per heavy atom. The highest BCUT2D eigenvalue weighted by molar-refractivity contribution is 7.91. The van der Waals surface area contributed by atoms with Gasteiger partial charge >= 0.3 is 0 Å². The molecule has 2 atom stereocenters. The van der Waals surface area contributed by atoms with Crippen LogP contribution in [-0.2, 0) is 16.3 Å². The zero-order chi connectivity index (χ0) is 14.8. The largest absolute Gasteiger partial charge is 0.294 e. The molecule has 0 radical (unpaired) electrons. The minimum atomic E-state index is -3.05. The molecule has 0 aromatic carbocycles. The standard InChI is InChI=1S/C15H21NO3S/c1-3-11-10-16-8-7-14(11)15(17)12-5-4-6-13(9-12)20(2,18)19/h7-8,10,12-13H,3-6,9H2,1-2H3. The quantitative estimate of drug-likeness (QED) is 0.800. The Balaban J connectivity index is 2.21. The monoisotopic (exact) mass is 295 g/mol. The topological polar surface area (TPSA) is 64.1 Å². The summed E-state index contributed by atoms with van der Waals surface area (Å²) in [6.07, 6.45) is 8.12. The third-order valence-electron chi connectivity index (χ3n) is 4.15. The number of hydrogen-bond donors (Lipinski definition) is 0. The van der Waals surface area contributed by atoms with Crippen LogP contribution < -0.4 is 0 Å². The van der Waals surface area contributed by atoms with Crippen molar-refractivity contribution in [1.29, 1.82) is 0 Å². The summed E-state index contributed by atoms with van der Waals surface area (Å²) in [4.78, 5) is 16.7. The number of sulfone groups is 1. The van der Waals surface area contributed by atoms with Crippen molar-refractivity contribution in [1.82, 2.24) is 4.98 Å². The second-order valence-corrected chi connectivity index (χ2v) is 7.89. The predicted octanol–water partition coefficient (Wildman–Crippen LogP) is 2.43. The maximum Gasteiger partial charge on any atom is 0.166 e. The first kappa shape index (κ1) is 15.2. The van der Waals surface area contributed by atoms with Gasteiger partial charge in [-0.2, -0.15) is 0 Å². The van der Waals surface area contributed by atoms with Gasteiger partial charge in [0.05, 0.1) is 5.25 Å². The van der Waals surface area contributed by atoms with Gasteiger partial charge in [0.2, 0.25) is 0 Å². The SMILES string of the molecule is CCc1cnccc1C(=O)C1CCCC(S(C)(=O)=O)C1. The van der Waals surface area contributed by atoms with Crippen LogP contribution in [0, 0.1) is 5.92 Å². The molecule has 1 fully saturated rings. The van der Waals surface area contributed by atoms with Crippen molar-refractivity contribution in [3.05, 3.63) is 29.6 Å². The first-order valence-electron chi connectivity index (χ1n) is 7.09. The van der Waals surface area contributed by atoms with Gasteiger partial charge in [-0.05, 0) is 37.3 Å². The van der Waals surface area contributed by atoms with Gasteiger partial charge in [0.15, 0.2) is 5.78 Å². The van der Waals surface area contributed by atoms with E-state index in [9.17, 15) is 13.2 Å². The number of pyridine rings is 1. The average Bonchev–Trinajstić information content (AvgIpc) is 2.45. The molecule has 110 valence electrons. The van der Waals surface area contributed by atoms with E-state index in [-0.39, 0.29) is 17.0 Å². The van der Waals surface area contributed by atoms with E-state index >= 15 is 0 Å². The molecule has 4 nitrogen and oxygen atoms in total. The lowest BCUT2D eigenvalue weighted by molar-refractivity contribution is 0.0890. The summed E-state index contributed by atoms with van der Waals surface area (Å²) < 4.78 is 23.4. The summed E-state index contributed by atoms with van der Waals surface area (Å²) in [5.41, 5.74) is 1.65. The highest BCUT2D eigenvalue weighted by Crippen LogP contribution is 2.31. The molecule has 0 amide bonds. The van der Waals surface area contributed by atoms with E-state index < -0.39 is 9.84 Å². The molecule has 0 aliphatic heterocycles. The number of carbonyl (C=O) groups is 1. The van der Waals surface area contributed by atoms with Crippen molar-refractivity contribution >= 4 is 15.6 Å². The van der Waals surface area contributed by atoms with E-state index in [2.05, 4.69) is 4.98 Å². The van der Waals surface area contributed by atoms with E-state index in [1.165, 1.54) is 6.26 Å². The molecule has 2 unspecified atom stereocenters. The zero-order valence-electron chi connectivity index (χ0n) is 12.0. The first-order valence-corrected chi connectivity index (χ1v) is 9.05. The number of carbonyl (C=O) groups excluding carboxylic acids is 1. The molecule has 2 rings (SSSR count). The third-order valence-corrected chi connectivity index (χ3v) is 5.79. The Bertz CT molecular complexity index is 595. The van der Waals surface area contributed by atoms with Crippen LogP contribution in [0.4, 0.5) is 0 Å². The van der Waals surface area contributed by atoms with E-state index in [1.807, 2.05) is 6.92 Å². The van der Waals surface area contributed by atoms with E-state index in [0.717, 1.165) is 24.8 Å². The Morgan fingerprint density at radius 1 is 1.40 bits per heavy atom. The number of Topliss-reactive ketones (excluding diaryl/α,β-unsaturated/α-hetero) is 1. The fourth-order valence-electron chi connectivity index (χ4n) is 2.94. The van der Waals surface area contributed by atoms with Crippen molar-refractivity contribution < 1.29 is 13.2 Å². The highest BCUT2D eigenvalue weighted by atomic mass is 32.2. The van der Waals surface area contributed by atoms with Crippen LogP contribution in [0.5, 0.6) is 0 Å². The van der Waals surface area contributed by atoms with Gasteiger partial charge in [0.1, 0.15) is 9.84 Å². The summed E-state index contributed by atoms with van der Waals surface area (Å²) >= 11 is 0. The summed E-state index contributed by atoms with van der Waals surface area (Å²) in [5, 5.41) is -0.364. The van der Waals surface area contributed by atoms with Gasteiger partial charge in [0, 0.05) is 30.1 Å². The van der Waals surface area contributed by atoms with Crippen LogP contribution in [0.25, 0.3) is 0 Å². The Labute approximate surface area is 120 Å². The molecule has 20 heavy (non-hydrogen) atoms. The fraction of sp³-hybridized carbons (Fsp3) is 0.600. The molecule has 1 aliphatic rings. The molecule has 0 bridgehead atoms. The van der Waals surface area contributed by atoms with E-state index in [4.69, 9.17) is 0 Å². The Kier molecular flexibility index (Phi) is 4.58. The molecular weight excluding hydrogens is 274 g/mol. The fourth-order valence-corrected chi connectivity index (χ4v) is 4.12. The Morgan fingerprint density at radius 3 is 2.80 bits per heavy atom. The van der Waals surface area contributed by atoms with E-state index in [0.29, 0.717) is 18.4 Å². The van der Waals surface area contributed by atoms with Gasteiger partial charge in [0.25, 0.3) is 0 Å². The van der Waals surface area contributed by atoms with Crippen LogP contribution in [0.15, 0.2) is 18.5 Å². The second kappa shape index (κ2) is 6.04. The summed E-state index contributed by atoms with van der Waals surface area (Å²) in [5.74, 6) is -0.0891. The van der Waals surface area contributed by atoms with Crippen LogP contribution in [0.2, 0.25) is 0 Å². The average molecular weight is 295 g/mol. The molecule has 1 saturated carbocycles. The lowest BCUT2D eigenvalue weighted by atomic mass is 9.82. The molecule has 0 N–H and O–H groups in total.